The summed E-state index contributed by atoms with van der Waals surface area (Å²) in [5.41, 5.74) is 5.90. The van der Waals surface area contributed by atoms with Crippen LogP contribution in [0.1, 0.15) is 0 Å². The van der Waals surface area contributed by atoms with Gasteiger partial charge in [-0.2, -0.15) is 0 Å². The van der Waals surface area contributed by atoms with E-state index in [0.29, 0.717) is 0 Å². The van der Waals surface area contributed by atoms with Gasteiger partial charge in [-0.25, -0.2) is 0 Å². The molecule has 142 valence electrons. The molecule has 0 unspecified atom stereocenters. The number of rotatable bonds is 2. The first-order valence-corrected chi connectivity index (χ1v) is 10.4. The molecule has 0 amide bonds. The Kier molecular flexibility index (Phi) is 3.90. The predicted octanol–water partition coefficient (Wildman–Crippen LogP) is 8.26. The van der Waals surface area contributed by atoms with Crippen LogP contribution < -0.4 is 0 Å². The number of fused-ring (bicyclic) bond motifs is 4. The standard InChI is InChI=1S/C28H18ClN/c29-21-10-7-9-19(16-21)26-18-22(17-20-8-1-2-11-23(20)26)30-27-14-5-3-12-24(27)25-13-4-6-15-28(25)30/h1-18H. The lowest BCUT2D eigenvalue weighted by atomic mass is 9.97. The Morgan fingerprint density at radius 1 is 0.533 bits per heavy atom. The van der Waals surface area contributed by atoms with E-state index in [1.807, 2.05) is 18.2 Å². The summed E-state index contributed by atoms with van der Waals surface area (Å²) in [7, 11) is 0. The maximum Gasteiger partial charge on any atom is 0.0541 e. The van der Waals surface area contributed by atoms with E-state index in [0.717, 1.165) is 16.3 Å². The van der Waals surface area contributed by atoms with Crippen LogP contribution in [0.2, 0.25) is 5.02 Å². The Morgan fingerprint density at radius 3 is 1.87 bits per heavy atom. The minimum atomic E-state index is 0.749. The molecular weight excluding hydrogens is 386 g/mol. The summed E-state index contributed by atoms with van der Waals surface area (Å²) in [6, 6.07) is 38.5. The maximum atomic E-state index is 6.34. The van der Waals surface area contributed by atoms with Crippen LogP contribution in [0.5, 0.6) is 0 Å². The second-order valence-corrected chi connectivity index (χ2v) is 8.03. The third-order valence-electron chi connectivity index (χ3n) is 5.82. The van der Waals surface area contributed by atoms with Gasteiger partial charge in [-0.1, -0.05) is 84.4 Å². The molecule has 6 rings (SSSR count). The Bertz CT molecular complexity index is 1500. The number of hydrogen-bond donors (Lipinski definition) is 0. The molecule has 1 aromatic heterocycles. The molecule has 5 aromatic carbocycles. The molecule has 1 nitrogen and oxygen atoms in total. The van der Waals surface area contributed by atoms with Crippen molar-refractivity contribution in [2.75, 3.05) is 0 Å². The Morgan fingerprint density at radius 2 is 1.17 bits per heavy atom. The lowest BCUT2D eigenvalue weighted by Crippen LogP contribution is -1.95. The summed E-state index contributed by atoms with van der Waals surface area (Å²) in [5.74, 6) is 0. The van der Waals surface area contributed by atoms with Crippen molar-refractivity contribution < 1.29 is 0 Å². The number of hydrogen-bond acceptors (Lipinski definition) is 0. The third-order valence-corrected chi connectivity index (χ3v) is 6.06. The molecule has 1 heterocycles. The highest BCUT2D eigenvalue weighted by Gasteiger charge is 2.14. The van der Waals surface area contributed by atoms with Crippen molar-refractivity contribution in [3.05, 3.63) is 114 Å². The Hall–Kier alpha value is -3.55. The van der Waals surface area contributed by atoms with Gasteiger partial charge in [0.1, 0.15) is 0 Å². The van der Waals surface area contributed by atoms with Gasteiger partial charge in [0.05, 0.1) is 11.0 Å². The van der Waals surface area contributed by atoms with Gasteiger partial charge in [0, 0.05) is 21.5 Å². The van der Waals surface area contributed by atoms with Crippen LogP contribution in [0, 0.1) is 0 Å². The van der Waals surface area contributed by atoms with Crippen molar-refractivity contribution in [3.63, 3.8) is 0 Å². The van der Waals surface area contributed by atoms with Crippen molar-refractivity contribution in [1.82, 2.24) is 4.57 Å². The van der Waals surface area contributed by atoms with Crippen LogP contribution in [-0.4, -0.2) is 4.57 Å². The van der Waals surface area contributed by atoms with Crippen LogP contribution in [0.15, 0.2) is 109 Å². The first-order valence-electron chi connectivity index (χ1n) is 10.1. The van der Waals surface area contributed by atoms with Crippen LogP contribution in [0.4, 0.5) is 0 Å². The van der Waals surface area contributed by atoms with Crippen molar-refractivity contribution >= 4 is 44.2 Å². The second-order valence-electron chi connectivity index (χ2n) is 7.59. The molecule has 0 aliphatic rings. The Labute approximate surface area is 179 Å². The number of para-hydroxylation sites is 2. The van der Waals surface area contributed by atoms with Crippen LogP contribution in [-0.2, 0) is 0 Å². The third kappa shape index (κ3) is 2.63. The van der Waals surface area contributed by atoms with Gasteiger partial charge >= 0.3 is 0 Å². The van der Waals surface area contributed by atoms with Crippen molar-refractivity contribution in [3.8, 4) is 16.8 Å². The molecule has 0 N–H and O–H groups in total. The van der Waals surface area contributed by atoms with E-state index in [1.165, 1.54) is 38.1 Å². The van der Waals surface area contributed by atoms with Gasteiger partial charge in [-0.3, -0.25) is 0 Å². The molecule has 0 aliphatic carbocycles. The molecule has 0 saturated heterocycles. The smallest absolute Gasteiger partial charge is 0.0541 e. The average molecular weight is 404 g/mol. The zero-order valence-corrected chi connectivity index (χ0v) is 17.0. The lowest BCUT2D eigenvalue weighted by molar-refractivity contribution is 1.19. The van der Waals surface area contributed by atoms with Gasteiger partial charge in [0.25, 0.3) is 0 Å². The molecule has 6 aromatic rings. The topological polar surface area (TPSA) is 4.93 Å². The summed E-state index contributed by atoms with van der Waals surface area (Å²) in [6.45, 7) is 0. The Balaban J connectivity index is 1.74. The quantitative estimate of drug-likeness (QED) is 0.274. The largest absolute Gasteiger partial charge is 0.309 e. The fourth-order valence-electron chi connectivity index (χ4n) is 4.52. The number of halogens is 1. The van der Waals surface area contributed by atoms with Gasteiger partial charge in [-0.05, 0) is 58.3 Å². The minimum Gasteiger partial charge on any atom is -0.309 e. The van der Waals surface area contributed by atoms with E-state index in [9.17, 15) is 0 Å². The van der Waals surface area contributed by atoms with Crippen LogP contribution in [0.25, 0.3) is 49.4 Å². The molecule has 0 atom stereocenters. The summed E-state index contributed by atoms with van der Waals surface area (Å²) < 4.78 is 2.37. The predicted molar refractivity (Wildman–Crippen MR) is 129 cm³/mol. The molecule has 0 spiro atoms. The second kappa shape index (κ2) is 6.76. The molecule has 30 heavy (non-hydrogen) atoms. The zero-order chi connectivity index (χ0) is 20.1. The normalized spacial score (nSPS) is 11.5. The summed E-state index contributed by atoms with van der Waals surface area (Å²) in [6.07, 6.45) is 0. The van der Waals surface area contributed by atoms with Crippen molar-refractivity contribution in [1.29, 1.82) is 0 Å². The highest BCUT2D eigenvalue weighted by atomic mass is 35.5. The summed E-state index contributed by atoms with van der Waals surface area (Å²) >= 11 is 6.34. The fraction of sp³-hybridized carbons (Fsp3) is 0. The molecular formula is C28H18ClN. The number of nitrogens with zero attached hydrogens (tertiary/aromatic N) is 1. The minimum absolute atomic E-state index is 0.749. The molecule has 0 saturated carbocycles. The van der Waals surface area contributed by atoms with Gasteiger partial charge in [-0.15, -0.1) is 0 Å². The van der Waals surface area contributed by atoms with E-state index in [4.69, 9.17) is 11.6 Å². The van der Waals surface area contributed by atoms with Crippen LogP contribution >= 0.6 is 11.6 Å². The van der Waals surface area contributed by atoms with E-state index < -0.39 is 0 Å². The molecule has 0 bridgehead atoms. The highest BCUT2D eigenvalue weighted by Crippen LogP contribution is 2.37. The zero-order valence-electron chi connectivity index (χ0n) is 16.2. The molecule has 0 fully saturated rings. The number of benzene rings is 5. The molecule has 0 aliphatic heterocycles. The van der Waals surface area contributed by atoms with E-state index >= 15 is 0 Å². The van der Waals surface area contributed by atoms with E-state index in [-0.39, 0.29) is 0 Å². The highest BCUT2D eigenvalue weighted by molar-refractivity contribution is 6.31. The van der Waals surface area contributed by atoms with Crippen LogP contribution in [0.3, 0.4) is 0 Å². The number of aromatic nitrogens is 1. The van der Waals surface area contributed by atoms with Crippen molar-refractivity contribution in [2.45, 2.75) is 0 Å². The van der Waals surface area contributed by atoms with Gasteiger partial charge in [0.15, 0.2) is 0 Å². The molecule has 0 radical (unpaired) electrons. The molecule has 2 heteroatoms. The van der Waals surface area contributed by atoms with Gasteiger partial charge in [0.2, 0.25) is 0 Å². The first kappa shape index (κ1) is 17.3. The monoisotopic (exact) mass is 403 g/mol. The van der Waals surface area contributed by atoms with Crippen molar-refractivity contribution in [2.24, 2.45) is 0 Å². The van der Waals surface area contributed by atoms with E-state index in [2.05, 4.69) is 95.6 Å². The van der Waals surface area contributed by atoms with Gasteiger partial charge < -0.3 is 4.57 Å². The summed E-state index contributed by atoms with van der Waals surface area (Å²) in [5, 5.41) is 5.73. The van der Waals surface area contributed by atoms with E-state index in [1.54, 1.807) is 0 Å². The average Bonchev–Trinajstić information content (AvgIpc) is 3.13. The summed E-state index contributed by atoms with van der Waals surface area (Å²) in [4.78, 5) is 0. The lowest BCUT2D eigenvalue weighted by Gasteiger charge is -2.14. The first-order chi connectivity index (χ1) is 14.8. The fourth-order valence-corrected chi connectivity index (χ4v) is 4.71. The SMILES string of the molecule is Clc1cccc(-c2cc(-n3c4ccccc4c4ccccc43)cc3ccccc23)c1. The maximum absolute atomic E-state index is 6.34.